The average molecular weight is 303 g/mol. The third-order valence-corrected chi connectivity index (χ3v) is 3.84. The lowest BCUT2D eigenvalue weighted by molar-refractivity contribution is 0.103. The molecule has 0 aliphatic rings. The van der Waals surface area contributed by atoms with Gasteiger partial charge in [-0.2, -0.15) is 11.3 Å². The summed E-state index contributed by atoms with van der Waals surface area (Å²) in [4.78, 5) is 16.0. The van der Waals surface area contributed by atoms with Gasteiger partial charge >= 0.3 is 0 Å². The van der Waals surface area contributed by atoms with E-state index in [9.17, 15) is 4.79 Å². The molecule has 0 saturated carbocycles. The molecule has 2 aromatic rings. The summed E-state index contributed by atoms with van der Waals surface area (Å²) in [5.41, 5.74) is 0.888. The molecule has 0 aromatic carbocycles. The first-order valence-electron chi connectivity index (χ1n) is 4.07. The Morgan fingerprint density at radius 2 is 2.27 bits per heavy atom. The maximum absolute atomic E-state index is 12.0. The summed E-state index contributed by atoms with van der Waals surface area (Å²) in [7, 11) is 0. The standard InChI is InChI=1S/C10H5BrClNOS/c11-7-5-15-4-6(7)10(14)9-8(12)2-1-3-13-9/h1-5H. The maximum Gasteiger partial charge on any atom is 0.214 e. The van der Waals surface area contributed by atoms with E-state index in [1.807, 2.05) is 5.38 Å². The minimum atomic E-state index is -0.159. The van der Waals surface area contributed by atoms with Gasteiger partial charge in [0.15, 0.2) is 0 Å². The number of ketones is 1. The first kappa shape index (κ1) is 10.8. The Hall–Kier alpha value is -0.710. The smallest absolute Gasteiger partial charge is 0.214 e. The van der Waals surface area contributed by atoms with E-state index >= 15 is 0 Å². The van der Waals surface area contributed by atoms with Crippen molar-refractivity contribution >= 4 is 44.7 Å². The van der Waals surface area contributed by atoms with Crippen molar-refractivity contribution in [2.24, 2.45) is 0 Å². The van der Waals surface area contributed by atoms with Crippen LogP contribution in [0.15, 0.2) is 33.6 Å². The van der Waals surface area contributed by atoms with Gasteiger partial charge in [0.2, 0.25) is 5.78 Å². The molecular formula is C10H5BrClNOS. The molecule has 0 bridgehead atoms. The Kier molecular flexibility index (Phi) is 3.19. The molecule has 0 aliphatic carbocycles. The van der Waals surface area contributed by atoms with Gasteiger partial charge < -0.3 is 0 Å². The second kappa shape index (κ2) is 4.43. The highest BCUT2D eigenvalue weighted by Gasteiger charge is 2.17. The Labute approximate surface area is 104 Å². The van der Waals surface area contributed by atoms with Gasteiger partial charge in [0.25, 0.3) is 0 Å². The fourth-order valence-corrected chi connectivity index (χ4v) is 2.79. The van der Waals surface area contributed by atoms with Gasteiger partial charge in [0.05, 0.1) is 5.02 Å². The molecule has 5 heteroatoms. The SMILES string of the molecule is O=C(c1cscc1Br)c1ncccc1Cl. The van der Waals surface area contributed by atoms with E-state index in [1.165, 1.54) is 11.3 Å². The minimum absolute atomic E-state index is 0.159. The first-order valence-corrected chi connectivity index (χ1v) is 6.18. The highest BCUT2D eigenvalue weighted by Crippen LogP contribution is 2.25. The molecule has 2 nitrogen and oxygen atoms in total. The number of aromatic nitrogens is 1. The lowest BCUT2D eigenvalue weighted by Crippen LogP contribution is -2.03. The van der Waals surface area contributed by atoms with Crippen LogP contribution in [0.3, 0.4) is 0 Å². The molecule has 2 aromatic heterocycles. The van der Waals surface area contributed by atoms with E-state index < -0.39 is 0 Å². The second-order valence-corrected chi connectivity index (χ2v) is 4.80. The van der Waals surface area contributed by atoms with Crippen LogP contribution in [-0.2, 0) is 0 Å². The van der Waals surface area contributed by atoms with E-state index in [2.05, 4.69) is 20.9 Å². The predicted octanol–water partition coefficient (Wildman–Crippen LogP) is 3.79. The Bertz CT molecular complexity index is 512. The Morgan fingerprint density at radius 3 is 2.87 bits per heavy atom. The van der Waals surface area contributed by atoms with Gasteiger partial charge in [-0.05, 0) is 28.1 Å². The summed E-state index contributed by atoms with van der Waals surface area (Å²) in [6.45, 7) is 0. The number of hydrogen-bond acceptors (Lipinski definition) is 3. The average Bonchev–Trinajstić information content (AvgIpc) is 2.64. The molecule has 0 amide bonds. The molecule has 0 atom stereocenters. The largest absolute Gasteiger partial charge is 0.287 e. The van der Waals surface area contributed by atoms with Crippen molar-refractivity contribution < 1.29 is 4.79 Å². The molecule has 0 unspecified atom stereocenters. The van der Waals surface area contributed by atoms with E-state index in [0.29, 0.717) is 16.3 Å². The third-order valence-electron chi connectivity index (χ3n) is 1.83. The summed E-state index contributed by atoms with van der Waals surface area (Å²) in [6, 6.07) is 3.35. The summed E-state index contributed by atoms with van der Waals surface area (Å²) >= 11 is 10.7. The van der Waals surface area contributed by atoms with Crippen LogP contribution in [0.1, 0.15) is 16.1 Å². The lowest BCUT2D eigenvalue weighted by Gasteiger charge is -2.00. The fraction of sp³-hybridized carbons (Fsp3) is 0. The monoisotopic (exact) mass is 301 g/mol. The molecule has 2 heterocycles. The summed E-state index contributed by atoms with van der Waals surface area (Å²) in [5, 5.41) is 4.00. The van der Waals surface area contributed by atoms with Crippen LogP contribution in [0, 0.1) is 0 Å². The number of carbonyl (C=O) groups is 1. The zero-order chi connectivity index (χ0) is 10.8. The molecule has 0 saturated heterocycles. The topological polar surface area (TPSA) is 30.0 Å². The quantitative estimate of drug-likeness (QED) is 0.790. The summed E-state index contributed by atoms with van der Waals surface area (Å²) in [6.07, 6.45) is 1.55. The molecule has 15 heavy (non-hydrogen) atoms. The number of carbonyl (C=O) groups excluding carboxylic acids is 1. The number of rotatable bonds is 2. The zero-order valence-corrected chi connectivity index (χ0v) is 10.6. The van der Waals surface area contributed by atoms with Gasteiger partial charge in [0, 0.05) is 27.0 Å². The van der Waals surface area contributed by atoms with Crippen LogP contribution in [0.4, 0.5) is 0 Å². The van der Waals surface area contributed by atoms with Crippen LogP contribution >= 0.6 is 38.9 Å². The van der Waals surface area contributed by atoms with E-state index in [0.717, 1.165) is 4.47 Å². The van der Waals surface area contributed by atoms with E-state index in [-0.39, 0.29) is 5.78 Å². The molecule has 0 radical (unpaired) electrons. The number of halogens is 2. The molecule has 0 fully saturated rings. The molecule has 0 aliphatic heterocycles. The first-order chi connectivity index (χ1) is 7.20. The number of hydrogen-bond donors (Lipinski definition) is 0. The third kappa shape index (κ3) is 2.12. The minimum Gasteiger partial charge on any atom is -0.287 e. The van der Waals surface area contributed by atoms with Gasteiger partial charge in [0.1, 0.15) is 5.69 Å². The van der Waals surface area contributed by atoms with Crippen molar-refractivity contribution in [2.75, 3.05) is 0 Å². The van der Waals surface area contributed by atoms with Crippen molar-refractivity contribution in [1.29, 1.82) is 0 Å². The number of pyridine rings is 1. The Balaban J connectivity index is 2.46. The van der Waals surface area contributed by atoms with Crippen molar-refractivity contribution in [1.82, 2.24) is 4.98 Å². The van der Waals surface area contributed by atoms with Gasteiger partial charge in [-0.1, -0.05) is 11.6 Å². The normalized spacial score (nSPS) is 10.3. The fourth-order valence-electron chi connectivity index (χ4n) is 1.12. The van der Waals surface area contributed by atoms with E-state index in [1.54, 1.807) is 23.7 Å². The van der Waals surface area contributed by atoms with Crippen molar-refractivity contribution in [2.45, 2.75) is 0 Å². The van der Waals surface area contributed by atoms with Gasteiger partial charge in [-0.3, -0.25) is 9.78 Å². The highest BCUT2D eigenvalue weighted by molar-refractivity contribution is 9.10. The maximum atomic E-state index is 12.0. The predicted molar refractivity (Wildman–Crippen MR) is 64.7 cm³/mol. The molecule has 0 N–H and O–H groups in total. The zero-order valence-electron chi connectivity index (χ0n) is 7.41. The second-order valence-electron chi connectivity index (χ2n) is 2.80. The summed E-state index contributed by atoms with van der Waals surface area (Å²) < 4.78 is 0.777. The number of nitrogens with zero attached hydrogens (tertiary/aromatic N) is 1. The highest BCUT2D eigenvalue weighted by atomic mass is 79.9. The number of thiophene rings is 1. The van der Waals surface area contributed by atoms with Crippen LogP contribution < -0.4 is 0 Å². The van der Waals surface area contributed by atoms with Crippen molar-refractivity contribution in [3.05, 3.63) is 49.8 Å². The lowest BCUT2D eigenvalue weighted by atomic mass is 10.1. The van der Waals surface area contributed by atoms with Crippen LogP contribution in [0.5, 0.6) is 0 Å². The molecule has 76 valence electrons. The van der Waals surface area contributed by atoms with Gasteiger partial charge in [-0.25, -0.2) is 0 Å². The Morgan fingerprint density at radius 1 is 1.47 bits per heavy atom. The molecule has 0 spiro atoms. The van der Waals surface area contributed by atoms with Crippen LogP contribution in [0.25, 0.3) is 0 Å². The summed E-state index contributed by atoms with van der Waals surface area (Å²) in [5.74, 6) is -0.159. The van der Waals surface area contributed by atoms with Crippen LogP contribution in [0.2, 0.25) is 5.02 Å². The van der Waals surface area contributed by atoms with Gasteiger partial charge in [-0.15, -0.1) is 0 Å². The van der Waals surface area contributed by atoms with Crippen molar-refractivity contribution in [3.8, 4) is 0 Å². The van der Waals surface area contributed by atoms with Crippen LogP contribution in [-0.4, -0.2) is 10.8 Å². The molecule has 2 rings (SSSR count). The van der Waals surface area contributed by atoms with Crippen molar-refractivity contribution in [3.63, 3.8) is 0 Å². The molecular weight excluding hydrogens is 298 g/mol. The van der Waals surface area contributed by atoms with E-state index in [4.69, 9.17) is 11.6 Å².